The predicted molar refractivity (Wildman–Crippen MR) is 48.5 cm³/mol. The molecule has 1 saturated heterocycles. The monoisotopic (exact) mass is 187 g/mol. The van der Waals surface area contributed by atoms with Gasteiger partial charge >= 0.3 is 5.97 Å². The standard InChI is InChI=1S/C9H17NO3/c1-3-7-6-9(13,8(11)12)4-5-10(7)2/h7,13H,3-6H2,1-2H3,(H,11,12). The molecule has 4 heteroatoms. The van der Waals surface area contributed by atoms with Crippen LogP contribution in [0.15, 0.2) is 0 Å². The van der Waals surface area contributed by atoms with E-state index in [1.54, 1.807) is 0 Å². The third-order valence-corrected chi connectivity index (χ3v) is 2.94. The summed E-state index contributed by atoms with van der Waals surface area (Å²) in [6.07, 6.45) is 1.55. The molecule has 1 rings (SSSR count). The first-order valence-electron chi connectivity index (χ1n) is 4.65. The summed E-state index contributed by atoms with van der Waals surface area (Å²) in [6, 6.07) is 0.190. The Hall–Kier alpha value is -0.610. The zero-order valence-electron chi connectivity index (χ0n) is 8.16. The molecule has 13 heavy (non-hydrogen) atoms. The first-order chi connectivity index (χ1) is 5.99. The highest BCUT2D eigenvalue weighted by Crippen LogP contribution is 2.27. The molecule has 0 aromatic carbocycles. The molecule has 76 valence electrons. The molecule has 2 unspecified atom stereocenters. The maximum absolute atomic E-state index is 10.8. The molecule has 1 fully saturated rings. The molecule has 0 saturated carbocycles. The normalized spacial score (nSPS) is 36.1. The largest absolute Gasteiger partial charge is 0.479 e. The van der Waals surface area contributed by atoms with E-state index in [1.165, 1.54) is 0 Å². The Morgan fingerprint density at radius 3 is 2.77 bits per heavy atom. The van der Waals surface area contributed by atoms with Gasteiger partial charge in [0.1, 0.15) is 0 Å². The Kier molecular flexibility index (Phi) is 2.93. The molecule has 0 bridgehead atoms. The van der Waals surface area contributed by atoms with E-state index in [9.17, 15) is 9.90 Å². The summed E-state index contributed by atoms with van der Waals surface area (Å²) < 4.78 is 0. The zero-order chi connectivity index (χ0) is 10.1. The lowest BCUT2D eigenvalue weighted by molar-refractivity contribution is -0.165. The number of aliphatic hydroxyl groups is 1. The van der Waals surface area contributed by atoms with Crippen molar-refractivity contribution < 1.29 is 15.0 Å². The average Bonchev–Trinajstić information content (AvgIpc) is 2.09. The van der Waals surface area contributed by atoms with E-state index in [0.717, 1.165) is 6.42 Å². The van der Waals surface area contributed by atoms with Crippen molar-refractivity contribution >= 4 is 5.97 Å². The Labute approximate surface area is 78.2 Å². The minimum Gasteiger partial charge on any atom is -0.479 e. The van der Waals surface area contributed by atoms with Crippen LogP contribution in [-0.2, 0) is 4.79 Å². The highest BCUT2D eigenvalue weighted by molar-refractivity contribution is 5.77. The number of aliphatic carboxylic acids is 1. The highest BCUT2D eigenvalue weighted by Gasteiger charge is 2.42. The summed E-state index contributed by atoms with van der Waals surface area (Å²) in [7, 11) is 1.97. The van der Waals surface area contributed by atoms with Crippen molar-refractivity contribution in [1.82, 2.24) is 4.90 Å². The van der Waals surface area contributed by atoms with Crippen LogP contribution in [0, 0.1) is 0 Å². The van der Waals surface area contributed by atoms with Crippen molar-refractivity contribution in [2.75, 3.05) is 13.6 Å². The van der Waals surface area contributed by atoms with Gasteiger partial charge in [-0.25, -0.2) is 4.79 Å². The fraction of sp³-hybridized carbons (Fsp3) is 0.889. The number of carboxylic acids is 1. The maximum atomic E-state index is 10.8. The van der Waals surface area contributed by atoms with Crippen molar-refractivity contribution in [2.24, 2.45) is 0 Å². The van der Waals surface area contributed by atoms with Crippen LogP contribution in [-0.4, -0.2) is 46.3 Å². The zero-order valence-corrected chi connectivity index (χ0v) is 8.16. The molecule has 1 aliphatic rings. The molecule has 1 heterocycles. The Bertz CT molecular complexity index is 207. The summed E-state index contributed by atoms with van der Waals surface area (Å²) in [4.78, 5) is 12.9. The van der Waals surface area contributed by atoms with Crippen molar-refractivity contribution in [3.05, 3.63) is 0 Å². The summed E-state index contributed by atoms with van der Waals surface area (Å²) in [5, 5.41) is 18.6. The van der Waals surface area contributed by atoms with E-state index in [0.29, 0.717) is 19.4 Å². The number of likely N-dealkylation sites (tertiary alicyclic amines) is 1. The second kappa shape index (κ2) is 3.64. The number of carboxylic acid groups (broad SMARTS) is 1. The minimum atomic E-state index is -1.49. The van der Waals surface area contributed by atoms with Crippen molar-refractivity contribution in [1.29, 1.82) is 0 Å². The third-order valence-electron chi connectivity index (χ3n) is 2.94. The molecule has 2 N–H and O–H groups in total. The maximum Gasteiger partial charge on any atom is 0.335 e. The molecule has 0 aromatic heterocycles. The fourth-order valence-corrected chi connectivity index (χ4v) is 1.84. The SMILES string of the molecule is CCC1CC(O)(C(=O)O)CCN1C. The summed E-state index contributed by atoms with van der Waals surface area (Å²) >= 11 is 0. The lowest BCUT2D eigenvalue weighted by Gasteiger charge is -2.39. The minimum absolute atomic E-state index is 0.190. The van der Waals surface area contributed by atoms with E-state index in [2.05, 4.69) is 4.90 Å². The van der Waals surface area contributed by atoms with Crippen molar-refractivity contribution in [2.45, 2.75) is 37.8 Å². The topological polar surface area (TPSA) is 60.8 Å². The highest BCUT2D eigenvalue weighted by atomic mass is 16.4. The lowest BCUT2D eigenvalue weighted by atomic mass is 9.86. The number of carbonyl (C=O) groups is 1. The van der Waals surface area contributed by atoms with Crippen LogP contribution in [0.1, 0.15) is 26.2 Å². The first kappa shape index (κ1) is 10.5. The molecule has 4 nitrogen and oxygen atoms in total. The van der Waals surface area contributed by atoms with Crippen LogP contribution in [0.25, 0.3) is 0 Å². The number of hydrogen-bond acceptors (Lipinski definition) is 3. The van der Waals surface area contributed by atoms with Crippen LogP contribution < -0.4 is 0 Å². The van der Waals surface area contributed by atoms with Gasteiger partial charge in [0.05, 0.1) is 0 Å². The first-order valence-corrected chi connectivity index (χ1v) is 4.65. The number of hydrogen-bond donors (Lipinski definition) is 2. The van der Waals surface area contributed by atoms with Crippen LogP contribution in [0.3, 0.4) is 0 Å². The summed E-state index contributed by atoms with van der Waals surface area (Å²) in [5.74, 6) is -1.08. The molecule has 0 spiro atoms. The van der Waals surface area contributed by atoms with Crippen molar-refractivity contribution in [3.8, 4) is 0 Å². The summed E-state index contributed by atoms with van der Waals surface area (Å²) in [5.41, 5.74) is -1.49. The smallest absolute Gasteiger partial charge is 0.335 e. The van der Waals surface area contributed by atoms with Gasteiger partial charge in [0.2, 0.25) is 0 Å². The van der Waals surface area contributed by atoms with Crippen molar-refractivity contribution in [3.63, 3.8) is 0 Å². The van der Waals surface area contributed by atoms with Crippen LogP contribution in [0.5, 0.6) is 0 Å². The molecule has 0 aromatic rings. The van der Waals surface area contributed by atoms with Gasteiger partial charge in [0, 0.05) is 19.0 Å². The predicted octanol–water partition coefficient (Wildman–Crippen LogP) is 0.306. The number of rotatable bonds is 2. The van der Waals surface area contributed by atoms with E-state index >= 15 is 0 Å². The van der Waals surface area contributed by atoms with E-state index in [1.807, 2.05) is 14.0 Å². The van der Waals surface area contributed by atoms with Gasteiger partial charge in [-0.3, -0.25) is 0 Å². The van der Waals surface area contributed by atoms with Gasteiger partial charge in [-0.05, 0) is 19.9 Å². The molecule has 0 radical (unpaired) electrons. The van der Waals surface area contributed by atoms with E-state index in [-0.39, 0.29) is 6.04 Å². The van der Waals surface area contributed by atoms with Crippen LogP contribution in [0.4, 0.5) is 0 Å². The van der Waals surface area contributed by atoms with Gasteiger partial charge in [-0.1, -0.05) is 6.92 Å². The quantitative estimate of drug-likeness (QED) is 0.653. The van der Waals surface area contributed by atoms with E-state index < -0.39 is 11.6 Å². The van der Waals surface area contributed by atoms with Gasteiger partial charge < -0.3 is 15.1 Å². The number of piperidine rings is 1. The molecule has 2 atom stereocenters. The third kappa shape index (κ3) is 2.00. The van der Waals surface area contributed by atoms with E-state index in [4.69, 9.17) is 5.11 Å². The Morgan fingerprint density at radius 1 is 1.69 bits per heavy atom. The fourth-order valence-electron chi connectivity index (χ4n) is 1.84. The number of nitrogens with zero attached hydrogens (tertiary/aromatic N) is 1. The second-order valence-electron chi connectivity index (χ2n) is 3.83. The van der Waals surface area contributed by atoms with Crippen LogP contribution >= 0.6 is 0 Å². The molecular weight excluding hydrogens is 170 g/mol. The Morgan fingerprint density at radius 2 is 2.31 bits per heavy atom. The molecular formula is C9H17NO3. The van der Waals surface area contributed by atoms with Gasteiger partial charge in [-0.15, -0.1) is 0 Å². The molecule has 1 aliphatic heterocycles. The van der Waals surface area contributed by atoms with Crippen LogP contribution in [0.2, 0.25) is 0 Å². The van der Waals surface area contributed by atoms with Gasteiger partial charge in [0.15, 0.2) is 5.60 Å². The molecule has 0 amide bonds. The lowest BCUT2D eigenvalue weighted by Crippen LogP contribution is -2.52. The average molecular weight is 187 g/mol. The summed E-state index contributed by atoms with van der Waals surface area (Å²) in [6.45, 7) is 2.66. The molecule has 0 aliphatic carbocycles. The van der Waals surface area contributed by atoms with Gasteiger partial charge in [0.25, 0.3) is 0 Å². The van der Waals surface area contributed by atoms with Gasteiger partial charge in [-0.2, -0.15) is 0 Å². The Balaban J connectivity index is 2.69. The second-order valence-corrected chi connectivity index (χ2v) is 3.83.